The summed E-state index contributed by atoms with van der Waals surface area (Å²) >= 11 is 9.50. The Labute approximate surface area is 167 Å². The van der Waals surface area contributed by atoms with Crippen LogP contribution in [-0.2, 0) is 0 Å². The van der Waals surface area contributed by atoms with Gasteiger partial charge in [-0.1, -0.05) is 28.1 Å². The number of thiol groups is 1. The van der Waals surface area contributed by atoms with Gasteiger partial charge < -0.3 is 21.7 Å². The third-order valence-electron chi connectivity index (χ3n) is 2.52. The maximum atomic E-state index is 10.6. The van der Waals surface area contributed by atoms with Gasteiger partial charge in [0.15, 0.2) is 0 Å². The van der Waals surface area contributed by atoms with E-state index < -0.39 is 11.9 Å². The normalized spacial score (nSPS) is 8.88. The minimum atomic E-state index is -1.03. The zero-order valence-electron chi connectivity index (χ0n) is 12.6. The van der Waals surface area contributed by atoms with Crippen LogP contribution in [0.15, 0.2) is 49.6 Å². The van der Waals surface area contributed by atoms with Gasteiger partial charge in [0.05, 0.1) is 16.8 Å². The molecule has 2 aromatic carbocycles. The molecule has 25 heavy (non-hydrogen) atoms. The fourth-order valence-electron chi connectivity index (χ4n) is 1.45. The number of rotatable bonds is 2. The molecule has 0 aromatic heterocycles. The van der Waals surface area contributed by atoms with Crippen molar-refractivity contribution >= 4 is 75.6 Å². The number of nitrogens with zero attached hydrogens (tertiary/aromatic N) is 1. The van der Waals surface area contributed by atoms with Crippen molar-refractivity contribution in [3.05, 3.63) is 56.5 Å². The summed E-state index contributed by atoms with van der Waals surface area (Å²) in [5, 5.41) is 17.2. The van der Waals surface area contributed by atoms with Gasteiger partial charge in [0.1, 0.15) is 0 Å². The second kappa shape index (κ2) is 11.7. The van der Waals surface area contributed by atoms with Crippen molar-refractivity contribution in [3.8, 4) is 0 Å². The van der Waals surface area contributed by atoms with Crippen molar-refractivity contribution in [2.24, 2.45) is 4.30 Å². The summed E-state index contributed by atoms with van der Waals surface area (Å²) in [5.74, 6) is -2.02. The van der Waals surface area contributed by atoms with E-state index in [1.54, 1.807) is 24.3 Å². The van der Waals surface area contributed by atoms with E-state index in [0.29, 0.717) is 14.6 Å². The van der Waals surface area contributed by atoms with Crippen LogP contribution in [0.25, 0.3) is 0 Å². The molecule has 0 aliphatic heterocycles. The molecule has 0 saturated carbocycles. The van der Waals surface area contributed by atoms with E-state index >= 15 is 0 Å². The molecule has 0 aliphatic rings. The molecule has 7 nitrogen and oxygen atoms in total. The molecule has 2 rings (SSSR count). The first-order valence-corrected chi connectivity index (χ1v) is 8.24. The fourth-order valence-corrected chi connectivity index (χ4v) is 2.68. The molecular formula is C14H13BBr2N3O4S. The first-order valence-electron chi connectivity index (χ1n) is 6.25. The topological polar surface area (TPSA) is 139 Å². The van der Waals surface area contributed by atoms with Crippen LogP contribution in [0, 0.1) is 0 Å². The predicted octanol–water partition coefficient (Wildman–Crippen LogP) is 3.64. The molecule has 2 aromatic rings. The summed E-state index contributed by atoms with van der Waals surface area (Å²) in [6, 6.07) is 9.52. The van der Waals surface area contributed by atoms with Gasteiger partial charge in [0.2, 0.25) is 0 Å². The van der Waals surface area contributed by atoms with E-state index in [0.717, 1.165) is 0 Å². The Hall–Kier alpha value is -1.85. The number of halogens is 2. The van der Waals surface area contributed by atoms with Gasteiger partial charge in [-0.05, 0) is 40.2 Å². The molecule has 0 saturated heterocycles. The van der Waals surface area contributed by atoms with E-state index in [4.69, 9.17) is 21.7 Å². The summed E-state index contributed by atoms with van der Waals surface area (Å²) < 4.78 is 3.95. The second-order valence-electron chi connectivity index (χ2n) is 4.16. The van der Waals surface area contributed by atoms with Crippen molar-refractivity contribution in [1.29, 1.82) is 0 Å². The quantitative estimate of drug-likeness (QED) is 0.248. The Bertz CT molecular complexity index is 778. The number of aromatic carboxylic acids is 2. The number of nitrogens with two attached hydrogens (primary N) is 2. The summed E-state index contributed by atoms with van der Waals surface area (Å²) in [7, 11) is 4.34. The first kappa shape index (κ1) is 23.2. The molecule has 11 heteroatoms. The Morgan fingerprint density at radius 3 is 1.92 bits per heavy atom. The molecule has 1 radical (unpaired) electrons. The molecule has 0 unspecified atom stereocenters. The van der Waals surface area contributed by atoms with Gasteiger partial charge in [-0.15, -0.1) is 0 Å². The van der Waals surface area contributed by atoms with Crippen LogP contribution in [0.5, 0.6) is 0 Å². The second-order valence-corrected chi connectivity index (χ2v) is 6.16. The Balaban J connectivity index is 0.000000403. The number of carboxylic acids is 2. The minimum absolute atomic E-state index is 0.0938. The zero-order valence-corrected chi connectivity index (χ0v) is 16.6. The van der Waals surface area contributed by atoms with Gasteiger partial charge in [-0.2, -0.15) is 0 Å². The molecule has 0 heterocycles. The van der Waals surface area contributed by atoms with Crippen molar-refractivity contribution in [2.75, 3.05) is 11.5 Å². The maximum absolute atomic E-state index is 10.6. The number of nitrogen functional groups attached to an aromatic ring is 2. The molecule has 0 aliphatic carbocycles. The number of hydrogen-bond donors (Lipinski definition) is 5. The predicted molar refractivity (Wildman–Crippen MR) is 108 cm³/mol. The van der Waals surface area contributed by atoms with E-state index in [2.05, 4.69) is 56.6 Å². The van der Waals surface area contributed by atoms with E-state index in [1.807, 2.05) is 0 Å². The molecule has 0 bridgehead atoms. The number of carbonyl (C=O) groups is 2. The first-order chi connectivity index (χ1) is 11.6. The number of carboxylic acid groups (broad SMARTS) is 2. The molecule has 0 fully saturated rings. The molecule has 0 spiro atoms. The molecule has 6 N–H and O–H groups in total. The molecule has 131 valence electrons. The van der Waals surface area contributed by atoms with Crippen LogP contribution >= 0.6 is 44.7 Å². The van der Waals surface area contributed by atoms with Crippen LogP contribution in [-0.4, -0.2) is 29.8 Å². The summed E-state index contributed by atoms with van der Waals surface area (Å²) in [5.41, 5.74) is 11.6. The summed E-state index contributed by atoms with van der Waals surface area (Å²) in [6.45, 7) is 0. The molecule has 0 atom stereocenters. The SMILES string of the molecule is Nc1c(Br)cc(Br)cc1C(=O)O.Nc1ccccc1C(=O)O.[B]=NS. The molecular weight excluding hydrogens is 477 g/mol. The van der Waals surface area contributed by atoms with Crippen molar-refractivity contribution in [3.63, 3.8) is 0 Å². The summed E-state index contributed by atoms with van der Waals surface area (Å²) in [6.07, 6.45) is 0. The summed E-state index contributed by atoms with van der Waals surface area (Å²) in [4.78, 5) is 20.9. The molecule has 0 amide bonds. The van der Waals surface area contributed by atoms with Crippen LogP contribution in [0.1, 0.15) is 20.7 Å². The van der Waals surface area contributed by atoms with Crippen LogP contribution < -0.4 is 11.5 Å². The number of anilines is 2. The van der Waals surface area contributed by atoms with Gasteiger partial charge in [-0.3, -0.25) is 0 Å². The standard InChI is InChI=1S/C7H5Br2NO2.C7H7NO2.BHNS/c8-3-1-4(7(11)12)6(10)5(9)2-3;8-6-4-2-1-3-5(6)7(9)10;1-2-3/h1-2H,10H2,(H,11,12);1-4H,8H2,(H,9,10);3H. The van der Waals surface area contributed by atoms with Crippen molar-refractivity contribution in [2.45, 2.75) is 0 Å². The van der Waals surface area contributed by atoms with Crippen LogP contribution in [0.4, 0.5) is 11.4 Å². The average molecular weight is 490 g/mol. The van der Waals surface area contributed by atoms with Gasteiger partial charge >= 0.3 is 36.7 Å². The number of para-hydroxylation sites is 1. The monoisotopic (exact) mass is 488 g/mol. The fraction of sp³-hybridized carbons (Fsp3) is 0. The average Bonchev–Trinajstić information content (AvgIpc) is 2.52. The van der Waals surface area contributed by atoms with Crippen molar-refractivity contribution < 1.29 is 19.8 Å². The Morgan fingerprint density at radius 1 is 1.04 bits per heavy atom. The van der Waals surface area contributed by atoms with E-state index in [1.165, 1.54) is 12.1 Å². The number of hydrogen-bond acceptors (Lipinski definition) is 6. The third-order valence-corrected chi connectivity index (χ3v) is 3.63. The van der Waals surface area contributed by atoms with Gasteiger partial charge in [0, 0.05) is 14.6 Å². The van der Waals surface area contributed by atoms with Gasteiger partial charge in [0.25, 0.3) is 0 Å². The van der Waals surface area contributed by atoms with E-state index in [9.17, 15) is 9.59 Å². The van der Waals surface area contributed by atoms with Crippen molar-refractivity contribution in [1.82, 2.24) is 0 Å². The number of benzene rings is 2. The Kier molecular flexibility index (Phi) is 10.8. The van der Waals surface area contributed by atoms with Gasteiger partial charge in [-0.25, -0.2) is 9.59 Å². The van der Waals surface area contributed by atoms with Crippen LogP contribution in [0.2, 0.25) is 0 Å². The van der Waals surface area contributed by atoms with Crippen LogP contribution in [0.3, 0.4) is 0 Å². The van der Waals surface area contributed by atoms with E-state index in [-0.39, 0.29) is 16.8 Å². The third kappa shape index (κ3) is 8.19. The zero-order chi connectivity index (χ0) is 19.6. The Morgan fingerprint density at radius 2 is 1.52 bits per heavy atom.